The number of thioether (sulfide) groups is 6. The molecule has 4 rings (SSSR count). The van der Waals surface area contributed by atoms with Gasteiger partial charge in [0, 0.05) is 56.8 Å². The zero-order valence-corrected chi connectivity index (χ0v) is 23.9. The van der Waals surface area contributed by atoms with Gasteiger partial charge in [-0.05, 0) is 12.1 Å². The summed E-state index contributed by atoms with van der Waals surface area (Å²) < 4.78 is 13.3. The molecule has 0 aromatic heterocycles. The molecule has 188 valence electrons. The zero-order chi connectivity index (χ0) is 23.6. The highest BCUT2D eigenvalue weighted by atomic mass is 32.2. The summed E-state index contributed by atoms with van der Waals surface area (Å²) in [7, 11) is 0. The third kappa shape index (κ3) is 8.71. The minimum absolute atomic E-state index is 0.273. The van der Waals surface area contributed by atoms with Crippen molar-refractivity contribution in [3.05, 3.63) is 36.4 Å². The van der Waals surface area contributed by atoms with Crippen LogP contribution in [0.4, 0.5) is 0 Å². The maximum absolute atomic E-state index is 10.4. The molecule has 34 heavy (non-hydrogen) atoms. The van der Waals surface area contributed by atoms with Crippen LogP contribution in [-0.2, 0) is 0 Å². The highest BCUT2D eigenvalue weighted by molar-refractivity contribution is 8.21. The number of hydrogen-bond acceptors (Lipinski definition) is 10. The fraction of sp³-hybridized carbons (Fsp3) is 0.583. The molecule has 0 saturated carbocycles. The van der Waals surface area contributed by atoms with E-state index in [9.17, 15) is 10.2 Å². The van der Waals surface area contributed by atoms with E-state index in [4.69, 9.17) is 9.47 Å². The summed E-state index contributed by atoms with van der Waals surface area (Å²) in [5, 5.41) is 22.7. The van der Waals surface area contributed by atoms with Gasteiger partial charge in [0.05, 0.1) is 21.4 Å². The Hall–Kier alpha value is 0.320. The average Bonchev–Trinajstić information content (AvgIpc) is 3.56. The number of hydrogen-bond donors (Lipinski definition) is 2. The molecule has 2 aliphatic heterocycles. The van der Waals surface area contributed by atoms with E-state index >= 15 is 0 Å². The summed E-state index contributed by atoms with van der Waals surface area (Å²) in [5.41, 5.74) is 0. The molecule has 0 spiro atoms. The Morgan fingerprint density at radius 1 is 0.706 bits per heavy atom. The van der Waals surface area contributed by atoms with Gasteiger partial charge in [0.15, 0.2) is 0 Å². The molecular weight excluding hydrogens is 545 g/mol. The van der Waals surface area contributed by atoms with Crippen molar-refractivity contribution in [2.75, 3.05) is 59.2 Å². The van der Waals surface area contributed by atoms with E-state index in [1.54, 1.807) is 23.5 Å². The van der Waals surface area contributed by atoms with Crippen molar-refractivity contribution in [3.8, 4) is 11.5 Å². The van der Waals surface area contributed by atoms with Crippen LogP contribution in [0.3, 0.4) is 0 Å². The van der Waals surface area contributed by atoms with Crippen LogP contribution < -0.4 is 9.47 Å². The van der Waals surface area contributed by atoms with Crippen LogP contribution in [0, 0.1) is 0 Å². The van der Waals surface area contributed by atoms with Gasteiger partial charge in [0.25, 0.3) is 0 Å². The molecule has 2 heterocycles. The first kappa shape index (κ1) is 27.4. The predicted molar refractivity (Wildman–Crippen MR) is 159 cm³/mol. The summed E-state index contributed by atoms with van der Waals surface area (Å²) in [6.45, 7) is 0.547. The molecule has 4 nitrogen and oxygen atoms in total. The van der Waals surface area contributed by atoms with Gasteiger partial charge in [-0.3, -0.25) is 0 Å². The van der Waals surface area contributed by atoms with E-state index in [0.29, 0.717) is 20.7 Å². The third-order valence-electron chi connectivity index (χ3n) is 5.21. The summed E-state index contributed by atoms with van der Waals surface area (Å²) in [5.74, 6) is 9.98. The maximum Gasteiger partial charge on any atom is 0.127 e. The average molecular weight is 577 g/mol. The largest absolute Gasteiger partial charge is 0.490 e. The molecule has 2 atom stereocenters. The molecule has 0 radical (unpaired) electrons. The van der Waals surface area contributed by atoms with Gasteiger partial charge in [0.2, 0.25) is 0 Å². The lowest BCUT2D eigenvalue weighted by molar-refractivity contribution is 0.126. The summed E-state index contributed by atoms with van der Waals surface area (Å²) >= 11 is 11.7. The van der Waals surface area contributed by atoms with Crippen LogP contribution in [0.1, 0.15) is 0 Å². The fourth-order valence-corrected chi connectivity index (χ4v) is 12.2. The molecule has 2 aromatic carbocycles. The van der Waals surface area contributed by atoms with Crippen molar-refractivity contribution in [2.24, 2.45) is 0 Å². The van der Waals surface area contributed by atoms with E-state index < -0.39 is 12.2 Å². The number of aliphatic hydroxyl groups excluding tert-OH is 2. The first-order chi connectivity index (χ1) is 16.7. The van der Waals surface area contributed by atoms with Gasteiger partial charge in [-0.15, -0.1) is 47.0 Å². The number of fused-ring (bicyclic) bond motifs is 1. The van der Waals surface area contributed by atoms with E-state index in [1.807, 2.05) is 83.4 Å². The molecule has 0 aliphatic carbocycles. The lowest BCUT2D eigenvalue weighted by atomic mass is 10.1. The number of ether oxygens (including phenoxy) is 2. The zero-order valence-electron chi connectivity index (χ0n) is 19.0. The van der Waals surface area contributed by atoms with Crippen LogP contribution in [-0.4, -0.2) is 90.8 Å². The van der Waals surface area contributed by atoms with Crippen LogP contribution >= 0.6 is 70.6 Å². The first-order valence-electron chi connectivity index (χ1n) is 11.4. The van der Waals surface area contributed by atoms with Gasteiger partial charge in [0.1, 0.15) is 24.7 Å². The minimum Gasteiger partial charge on any atom is -0.490 e. The number of rotatable bonds is 14. The molecule has 10 heteroatoms. The van der Waals surface area contributed by atoms with E-state index in [2.05, 4.69) is 0 Å². The smallest absolute Gasteiger partial charge is 0.127 e. The summed E-state index contributed by atoms with van der Waals surface area (Å²) in [4.78, 5) is 0. The molecule has 0 amide bonds. The maximum atomic E-state index is 10.4. The molecule has 2 saturated heterocycles. The van der Waals surface area contributed by atoms with E-state index in [0.717, 1.165) is 33.8 Å². The van der Waals surface area contributed by atoms with Gasteiger partial charge >= 0.3 is 0 Å². The van der Waals surface area contributed by atoms with Crippen molar-refractivity contribution in [2.45, 2.75) is 21.4 Å². The van der Waals surface area contributed by atoms with Crippen LogP contribution in [0.2, 0.25) is 0 Å². The third-order valence-corrected chi connectivity index (χ3v) is 14.5. The fourth-order valence-electron chi connectivity index (χ4n) is 3.58. The van der Waals surface area contributed by atoms with Crippen LogP contribution in [0.5, 0.6) is 11.5 Å². The molecule has 0 bridgehead atoms. The normalized spacial score (nSPS) is 19.0. The molecule has 2 N–H and O–H groups in total. The first-order valence-corrected chi connectivity index (χ1v) is 17.9. The quantitative estimate of drug-likeness (QED) is 0.306. The Labute approximate surface area is 228 Å². The van der Waals surface area contributed by atoms with Gasteiger partial charge in [-0.25, -0.2) is 0 Å². The summed E-state index contributed by atoms with van der Waals surface area (Å²) in [6, 6.07) is 11.8. The molecule has 2 fully saturated rings. The van der Waals surface area contributed by atoms with Crippen LogP contribution in [0.15, 0.2) is 36.4 Å². The van der Waals surface area contributed by atoms with E-state index in [1.165, 1.54) is 23.0 Å². The molecule has 2 aromatic rings. The van der Waals surface area contributed by atoms with Crippen molar-refractivity contribution >= 4 is 81.3 Å². The molecular formula is C24H32O4S6. The predicted octanol–water partition coefficient (Wildman–Crippen LogP) is 5.40. The standard InChI is InChI=1S/C24H32O4S6/c25-17(13-29-15-23-31-7-8-32-23)11-27-21-5-1-3-19-20(21)4-2-6-22(19)28-12-18(26)14-30-16-24-33-9-10-34-24/h1-6,17-18,23-26H,7-16H2. The second-order valence-electron chi connectivity index (χ2n) is 7.95. The highest BCUT2D eigenvalue weighted by Crippen LogP contribution is 2.36. The van der Waals surface area contributed by atoms with E-state index in [-0.39, 0.29) is 13.2 Å². The Balaban J connectivity index is 1.23. The number of benzene rings is 2. The second kappa shape index (κ2) is 14.9. The van der Waals surface area contributed by atoms with Gasteiger partial charge in [-0.1, -0.05) is 24.3 Å². The molecule has 2 unspecified atom stereocenters. The topological polar surface area (TPSA) is 58.9 Å². The SMILES string of the molecule is OC(COc1cccc2c(OCC(O)CSCC3SCCS3)cccc12)CSCC1SCCS1. The van der Waals surface area contributed by atoms with Gasteiger partial charge < -0.3 is 19.7 Å². The monoisotopic (exact) mass is 576 g/mol. The minimum atomic E-state index is -0.496. The Kier molecular flexibility index (Phi) is 12.0. The van der Waals surface area contributed by atoms with Crippen molar-refractivity contribution in [1.29, 1.82) is 0 Å². The number of aliphatic hydroxyl groups is 2. The summed E-state index contributed by atoms with van der Waals surface area (Å²) in [6.07, 6.45) is -0.991. The Morgan fingerprint density at radius 2 is 1.12 bits per heavy atom. The second-order valence-corrected chi connectivity index (χ2v) is 15.9. The van der Waals surface area contributed by atoms with Crippen molar-refractivity contribution in [3.63, 3.8) is 0 Å². The Bertz CT molecular complexity index is 804. The lowest BCUT2D eigenvalue weighted by Gasteiger charge is -2.17. The van der Waals surface area contributed by atoms with Crippen molar-refractivity contribution < 1.29 is 19.7 Å². The Morgan fingerprint density at radius 3 is 1.53 bits per heavy atom. The lowest BCUT2D eigenvalue weighted by Crippen LogP contribution is -2.21. The molecule has 2 aliphatic rings. The highest BCUT2D eigenvalue weighted by Gasteiger charge is 2.18. The van der Waals surface area contributed by atoms with Gasteiger partial charge in [-0.2, -0.15) is 23.5 Å². The van der Waals surface area contributed by atoms with Crippen LogP contribution in [0.25, 0.3) is 10.8 Å². The van der Waals surface area contributed by atoms with Crippen molar-refractivity contribution in [1.82, 2.24) is 0 Å².